The van der Waals surface area contributed by atoms with Crippen LogP contribution >= 0.6 is 0 Å². The number of carbonyl (C=O) groups excluding carboxylic acids is 2. The number of amides is 1. The molecule has 3 unspecified atom stereocenters. The summed E-state index contributed by atoms with van der Waals surface area (Å²) in [5, 5.41) is 2.78. The van der Waals surface area contributed by atoms with E-state index in [-0.39, 0.29) is 24.0 Å². The Morgan fingerprint density at radius 2 is 1.95 bits per heavy atom. The number of hydrogen-bond donors (Lipinski definition) is 2. The van der Waals surface area contributed by atoms with Crippen LogP contribution in [0.1, 0.15) is 47.0 Å². The molecular formula is C14H26N2O4. The minimum Gasteiger partial charge on any atom is -0.466 e. The van der Waals surface area contributed by atoms with Crippen LogP contribution in [0.5, 0.6) is 0 Å². The number of nitrogens with two attached hydrogens (primary N) is 1. The quantitative estimate of drug-likeness (QED) is 0.768. The molecule has 0 aromatic carbocycles. The van der Waals surface area contributed by atoms with Crippen molar-refractivity contribution < 1.29 is 19.1 Å². The van der Waals surface area contributed by atoms with Crippen LogP contribution in [0.25, 0.3) is 0 Å². The molecule has 0 heterocycles. The summed E-state index contributed by atoms with van der Waals surface area (Å²) < 4.78 is 10.2. The lowest BCUT2D eigenvalue weighted by Crippen LogP contribution is -2.52. The van der Waals surface area contributed by atoms with Crippen LogP contribution in [0.4, 0.5) is 4.79 Å². The number of ether oxygens (including phenoxy) is 2. The van der Waals surface area contributed by atoms with Gasteiger partial charge in [-0.25, -0.2) is 4.79 Å². The highest BCUT2D eigenvalue weighted by atomic mass is 16.6. The molecule has 0 radical (unpaired) electrons. The van der Waals surface area contributed by atoms with Gasteiger partial charge in [0.15, 0.2) is 0 Å². The van der Waals surface area contributed by atoms with Gasteiger partial charge in [0.05, 0.1) is 12.5 Å². The van der Waals surface area contributed by atoms with Crippen LogP contribution < -0.4 is 11.1 Å². The Morgan fingerprint density at radius 3 is 2.45 bits per heavy atom. The van der Waals surface area contributed by atoms with Gasteiger partial charge in [-0.3, -0.25) is 4.79 Å². The van der Waals surface area contributed by atoms with E-state index in [9.17, 15) is 9.59 Å². The van der Waals surface area contributed by atoms with E-state index in [0.29, 0.717) is 25.9 Å². The van der Waals surface area contributed by atoms with Gasteiger partial charge < -0.3 is 20.5 Å². The van der Waals surface area contributed by atoms with Crippen molar-refractivity contribution in [1.29, 1.82) is 0 Å². The number of esters is 1. The smallest absolute Gasteiger partial charge is 0.407 e. The van der Waals surface area contributed by atoms with E-state index in [2.05, 4.69) is 5.32 Å². The second-order valence-electron chi connectivity index (χ2n) is 6.18. The molecule has 1 amide bonds. The van der Waals surface area contributed by atoms with Crippen molar-refractivity contribution in [3.8, 4) is 0 Å². The summed E-state index contributed by atoms with van der Waals surface area (Å²) in [5.41, 5.74) is 5.51. The van der Waals surface area contributed by atoms with E-state index in [1.54, 1.807) is 6.92 Å². The largest absolute Gasteiger partial charge is 0.466 e. The number of nitrogens with one attached hydrogen (secondary N) is 1. The van der Waals surface area contributed by atoms with Crippen molar-refractivity contribution in [2.75, 3.05) is 6.61 Å². The fraction of sp³-hybridized carbons (Fsp3) is 0.857. The Kier molecular flexibility index (Phi) is 5.80. The van der Waals surface area contributed by atoms with Gasteiger partial charge >= 0.3 is 12.1 Å². The highest BCUT2D eigenvalue weighted by molar-refractivity contribution is 5.73. The Labute approximate surface area is 120 Å². The minimum atomic E-state index is -0.531. The maximum atomic E-state index is 11.7. The zero-order valence-electron chi connectivity index (χ0n) is 12.8. The van der Waals surface area contributed by atoms with Gasteiger partial charge in [0.25, 0.3) is 0 Å². The zero-order valence-corrected chi connectivity index (χ0v) is 12.8. The fourth-order valence-electron chi connectivity index (χ4n) is 2.32. The van der Waals surface area contributed by atoms with Crippen LogP contribution in [0.15, 0.2) is 0 Å². The highest BCUT2D eigenvalue weighted by Gasteiger charge is 2.34. The summed E-state index contributed by atoms with van der Waals surface area (Å²) in [6, 6.07) is -0.416. The first kappa shape index (κ1) is 16.8. The third-order valence-corrected chi connectivity index (χ3v) is 3.22. The average Bonchev–Trinajstić information content (AvgIpc) is 2.29. The minimum absolute atomic E-state index is 0.157. The highest BCUT2D eigenvalue weighted by Crippen LogP contribution is 2.25. The summed E-state index contributed by atoms with van der Waals surface area (Å²) in [5.74, 6) is -0.361. The third-order valence-electron chi connectivity index (χ3n) is 3.22. The lowest BCUT2D eigenvalue weighted by atomic mass is 9.83. The van der Waals surface area contributed by atoms with Gasteiger partial charge in [-0.2, -0.15) is 0 Å². The number of carbonyl (C=O) groups is 2. The predicted octanol–water partition coefficient (Wildman–Crippen LogP) is 1.57. The van der Waals surface area contributed by atoms with Gasteiger partial charge in [0.2, 0.25) is 0 Å². The first-order valence-corrected chi connectivity index (χ1v) is 7.14. The third kappa shape index (κ3) is 5.36. The molecule has 1 aliphatic rings. The Hall–Kier alpha value is -1.30. The molecule has 6 heteroatoms. The average molecular weight is 286 g/mol. The van der Waals surface area contributed by atoms with Crippen molar-refractivity contribution >= 4 is 12.1 Å². The molecule has 3 N–H and O–H groups in total. The molecule has 1 fully saturated rings. The predicted molar refractivity (Wildman–Crippen MR) is 75.1 cm³/mol. The zero-order chi connectivity index (χ0) is 15.3. The molecule has 20 heavy (non-hydrogen) atoms. The molecule has 1 saturated carbocycles. The number of hydrogen-bond acceptors (Lipinski definition) is 5. The van der Waals surface area contributed by atoms with E-state index in [1.807, 2.05) is 20.8 Å². The summed E-state index contributed by atoms with van der Waals surface area (Å²) in [6.45, 7) is 7.59. The van der Waals surface area contributed by atoms with Crippen LogP contribution in [-0.4, -0.2) is 36.4 Å². The van der Waals surface area contributed by atoms with E-state index >= 15 is 0 Å². The molecule has 0 saturated heterocycles. The number of rotatable bonds is 3. The Bertz CT molecular complexity index is 352. The van der Waals surface area contributed by atoms with Crippen LogP contribution in [0.2, 0.25) is 0 Å². The molecule has 1 rings (SSSR count). The van der Waals surface area contributed by atoms with Gasteiger partial charge in [-0.05, 0) is 47.0 Å². The van der Waals surface area contributed by atoms with E-state index in [4.69, 9.17) is 15.2 Å². The SMILES string of the molecule is CCOC(=O)C1CCC(NC(=O)OC(C)(C)C)C(N)C1. The van der Waals surface area contributed by atoms with E-state index in [1.165, 1.54) is 0 Å². The molecule has 0 bridgehead atoms. The summed E-state index contributed by atoms with van der Waals surface area (Å²) in [6.07, 6.45) is 1.39. The van der Waals surface area contributed by atoms with Crippen molar-refractivity contribution in [2.24, 2.45) is 11.7 Å². The van der Waals surface area contributed by atoms with Gasteiger partial charge in [-0.15, -0.1) is 0 Å². The van der Waals surface area contributed by atoms with Gasteiger partial charge in [0, 0.05) is 12.1 Å². The molecule has 3 atom stereocenters. The molecule has 0 aromatic rings. The van der Waals surface area contributed by atoms with E-state index < -0.39 is 11.7 Å². The fourth-order valence-corrected chi connectivity index (χ4v) is 2.32. The van der Waals surface area contributed by atoms with Gasteiger partial charge in [0.1, 0.15) is 5.60 Å². The summed E-state index contributed by atoms with van der Waals surface area (Å²) >= 11 is 0. The summed E-state index contributed by atoms with van der Waals surface area (Å²) in [4.78, 5) is 23.4. The van der Waals surface area contributed by atoms with Crippen LogP contribution in [0, 0.1) is 5.92 Å². The Balaban J connectivity index is 2.45. The normalized spacial score (nSPS) is 26.8. The van der Waals surface area contributed by atoms with E-state index in [0.717, 1.165) is 0 Å². The first-order chi connectivity index (χ1) is 9.23. The number of alkyl carbamates (subject to hydrolysis) is 1. The second-order valence-corrected chi connectivity index (χ2v) is 6.18. The monoisotopic (exact) mass is 286 g/mol. The van der Waals surface area contributed by atoms with Crippen molar-refractivity contribution in [1.82, 2.24) is 5.32 Å². The summed E-state index contributed by atoms with van der Waals surface area (Å²) in [7, 11) is 0. The van der Waals surface area contributed by atoms with Crippen LogP contribution in [0.3, 0.4) is 0 Å². The molecule has 0 aromatic heterocycles. The molecular weight excluding hydrogens is 260 g/mol. The van der Waals surface area contributed by atoms with Crippen molar-refractivity contribution in [2.45, 2.75) is 64.6 Å². The molecule has 6 nitrogen and oxygen atoms in total. The van der Waals surface area contributed by atoms with Crippen LogP contribution in [-0.2, 0) is 14.3 Å². The first-order valence-electron chi connectivity index (χ1n) is 7.14. The van der Waals surface area contributed by atoms with Crippen molar-refractivity contribution in [3.63, 3.8) is 0 Å². The molecule has 0 spiro atoms. The molecule has 1 aliphatic carbocycles. The maximum absolute atomic E-state index is 11.7. The van der Waals surface area contributed by atoms with Crippen molar-refractivity contribution in [3.05, 3.63) is 0 Å². The van der Waals surface area contributed by atoms with Gasteiger partial charge in [-0.1, -0.05) is 0 Å². The molecule has 116 valence electrons. The Morgan fingerprint density at radius 1 is 1.30 bits per heavy atom. The lowest BCUT2D eigenvalue weighted by Gasteiger charge is -2.33. The molecule has 0 aliphatic heterocycles. The standard InChI is InChI=1S/C14H26N2O4/c1-5-19-12(17)9-6-7-11(10(15)8-9)16-13(18)20-14(2,3)4/h9-11H,5-8,15H2,1-4H3,(H,16,18). The topological polar surface area (TPSA) is 90.6 Å². The lowest BCUT2D eigenvalue weighted by molar-refractivity contribution is -0.149. The maximum Gasteiger partial charge on any atom is 0.407 e. The second kappa shape index (κ2) is 6.92.